The van der Waals surface area contributed by atoms with E-state index in [0.29, 0.717) is 17.1 Å². The molecule has 3 aromatic rings. The van der Waals surface area contributed by atoms with Crippen LogP contribution in [0.5, 0.6) is 0 Å². The molecule has 0 aliphatic rings. The number of hydrogen-bond acceptors (Lipinski definition) is 5. The molecule has 0 unspecified atom stereocenters. The maximum Gasteiger partial charge on any atom is 0.275 e. The number of amides is 2. The van der Waals surface area contributed by atoms with Gasteiger partial charge in [-0.2, -0.15) is 0 Å². The molecule has 0 aliphatic carbocycles. The normalized spacial score (nSPS) is 10.3. The number of nitrogens with one attached hydrogen (secondary N) is 1. The second kappa shape index (κ2) is 7.67. The van der Waals surface area contributed by atoms with Gasteiger partial charge in [0, 0.05) is 26.0 Å². The highest BCUT2D eigenvalue weighted by Gasteiger charge is 2.19. The summed E-state index contributed by atoms with van der Waals surface area (Å²) in [6, 6.07) is 11.5. The van der Waals surface area contributed by atoms with Crippen molar-refractivity contribution in [2.24, 2.45) is 0 Å². The van der Waals surface area contributed by atoms with Gasteiger partial charge in [-0.05, 0) is 17.0 Å². The van der Waals surface area contributed by atoms with Gasteiger partial charge in [0.05, 0.1) is 11.9 Å². The zero-order valence-corrected chi connectivity index (χ0v) is 14.4. The van der Waals surface area contributed by atoms with Gasteiger partial charge in [0.25, 0.3) is 11.8 Å². The van der Waals surface area contributed by atoms with Crippen molar-refractivity contribution >= 4 is 28.8 Å². The summed E-state index contributed by atoms with van der Waals surface area (Å²) in [7, 11) is 1.74. The summed E-state index contributed by atoms with van der Waals surface area (Å²) >= 11 is 1.29. The third-order valence-corrected chi connectivity index (χ3v) is 4.42. The van der Waals surface area contributed by atoms with Gasteiger partial charge in [-0.25, -0.2) is 4.98 Å². The van der Waals surface area contributed by atoms with E-state index in [2.05, 4.69) is 15.3 Å². The average Bonchev–Trinajstić information content (AvgIpc) is 3.10. The van der Waals surface area contributed by atoms with Crippen molar-refractivity contribution in [1.29, 1.82) is 0 Å². The smallest absolute Gasteiger partial charge is 0.275 e. The van der Waals surface area contributed by atoms with Crippen molar-refractivity contribution in [2.75, 3.05) is 12.4 Å². The predicted octanol–water partition coefficient (Wildman–Crippen LogP) is 3.06. The molecule has 0 saturated heterocycles. The number of nitrogens with zero attached hydrogens (tertiary/aromatic N) is 3. The van der Waals surface area contributed by atoms with Crippen molar-refractivity contribution in [1.82, 2.24) is 14.9 Å². The number of hydrogen-bond donors (Lipinski definition) is 1. The Morgan fingerprint density at radius 3 is 2.68 bits per heavy atom. The molecule has 126 valence electrons. The summed E-state index contributed by atoms with van der Waals surface area (Å²) in [5.41, 5.74) is 1.72. The van der Waals surface area contributed by atoms with Crippen LogP contribution in [-0.2, 0) is 6.54 Å². The maximum absolute atomic E-state index is 12.7. The molecule has 1 N–H and O–H groups in total. The van der Waals surface area contributed by atoms with Crippen molar-refractivity contribution in [3.63, 3.8) is 0 Å². The molecule has 2 amide bonds. The number of thiophene rings is 1. The van der Waals surface area contributed by atoms with E-state index in [4.69, 9.17) is 0 Å². The van der Waals surface area contributed by atoms with Gasteiger partial charge in [0.1, 0.15) is 10.6 Å². The van der Waals surface area contributed by atoms with E-state index in [1.165, 1.54) is 29.9 Å². The summed E-state index contributed by atoms with van der Waals surface area (Å²) < 4.78 is 0. The highest BCUT2D eigenvalue weighted by molar-refractivity contribution is 7.12. The summed E-state index contributed by atoms with van der Waals surface area (Å²) in [5.74, 6) is -0.542. The van der Waals surface area contributed by atoms with E-state index in [1.54, 1.807) is 23.4 Å². The minimum absolute atomic E-state index is 0.145. The van der Waals surface area contributed by atoms with Gasteiger partial charge in [0.15, 0.2) is 0 Å². The van der Waals surface area contributed by atoms with Crippen LogP contribution in [0.4, 0.5) is 5.69 Å². The molecule has 1 aromatic carbocycles. The van der Waals surface area contributed by atoms with E-state index in [0.717, 1.165) is 5.56 Å². The van der Waals surface area contributed by atoms with Gasteiger partial charge in [-0.1, -0.05) is 30.3 Å². The van der Waals surface area contributed by atoms with Gasteiger partial charge < -0.3 is 10.2 Å². The Hall–Kier alpha value is -3.06. The molecule has 7 heteroatoms. The molecule has 2 heterocycles. The molecule has 0 aliphatic heterocycles. The molecule has 25 heavy (non-hydrogen) atoms. The van der Waals surface area contributed by atoms with Gasteiger partial charge in [-0.15, -0.1) is 11.3 Å². The van der Waals surface area contributed by atoms with Crippen LogP contribution in [0.25, 0.3) is 0 Å². The molecule has 0 bridgehead atoms. The lowest BCUT2D eigenvalue weighted by Gasteiger charge is -2.17. The summed E-state index contributed by atoms with van der Waals surface area (Å²) in [5, 5.41) is 4.50. The first-order valence-corrected chi connectivity index (χ1v) is 8.47. The average molecular weight is 352 g/mol. The molecule has 0 saturated carbocycles. The van der Waals surface area contributed by atoms with Crippen molar-refractivity contribution in [3.8, 4) is 0 Å². The molecule has 2 aromatic heterocycles. The summed E-state index contributed by atoms with van der Waals surface area (Å²) in [4.78, 5) is 34.9. The van der Waals surface area contributed by atoms with Crippen molar-refractivity contribution in [2.45, 2.75) is 6.54 Å². The molecule has 0 atom stereocenters. The van der Waals surface area contributed by atoms with Crippen LogP contribution < -0.4 is 5.32 Å². The van der Waals surface area contributed by atoms with E-state index in [9.17, 15) is 9.59 Å². The predicted molar refractivity (Wildman–Crippen MR) is 96.5 cm³/mol. The fraction of sp³-hybridized carbons (Fsp3) is 0.111. The molecule has 3 rings (SSSR count). The first-order valence-electron chi connectivity index (χ1n) is 7.59. The monoisotopic (exact) mass is 352 g/mol. The number of benzene rings is 1. The quantitative estimate of drug-likeness (QED) is 0.766. The van der Waals surface area contributed by atoms with Crippen LogP contribution in [0.15, 0.2) is 60.4 Å². The van der Waals surface area contributed by atoms with Gasteiger partial charge >= 0.3 is 0 Å². The lowest BCUT2D eigenvalue weighted by molar-refractivity contribution is 0.0791. The number of aromatic nitrogens is 2. The number of carbonyl (C=O) groups excluding carboxylic acids is 2. The highest BCUT2D eigenvalue weighted by Crippen LogP contribution is 2.24. The second-order valence-electron chi connectivity index (χ2n) is 5.35. The van der Waals surface area contributed by atoms with E-state index in [-0.39, 0.29) is 11.6 Å². The molecule has 0 spiro atoms. The minimum atomic E-state index is -0.397. The lowest BCUT2D eigenvalue weighted by Crippen LogP contribution is -2.26. The Kier molecular flexibility index (Phi) is 5.15. The summed E-state index contributed by atoms with van der Waals surface area (Å²) in [6.45, 7) is 0.495. The lowest BCUT2D eigenvalue weighted by atomic mass is 10.2. The number of anilines is 1. The molecule has 0 fully saturated rings. The third-order valence-electron chi connectivity index (χ3n) is 3.51. The van der Waals surface area contributed by atoms with E-state index < -0.39 is 5.91 Å². The zero-order chi connectivity index (χ0) is 17.6. The van der Waals surface area contributed by atoms with Crippen molar-refractivity contribution < 1.29 is 9.59 Å². The van der Waals surface area contributed by atoms with E-state index in [1.807, 2.05) is 30.3 Å². The van der Waals surface area contributed by atoms with Crippen LogP contribution in [0.2, 0.25) is 0 Å². The van der Waals surface area contributed by atoms with Crippen molar-refractivity contribution in [3.05, 3.63) is 76.5 Å². The second-order valence-corrected chi connectivity index (χ2v) is 6.27. The Morgan fingerprint density at radius 2 is 1.96 bits per heavy atom. The Bertz CT molecular complexity index is 865. The zero-order valence-electron chi connectivity index (χ0n) is 13.5. The van der Waals surface area contributed by atoms with Crippen LogP contribution in [0.1, 0.15) is 25.7 Å². The number of carbonyl (C=O) groups is 2. The molecular weight excluding hydrogens is 336 g/mol. The first kappa shape index (κ1) is 16.8. The summed E-state index contributed by atoms with van der Waals surface area (Å²) in [6.07, 6.45) is 4.32. The van der Waals surface area contributed by atoms with E-state index >= 15 is 0 Å². The Labute approximate surface area is 149 Å². The molecule has 0 radical (unpaired) electrons. The Balaban J connectivity index is 1.72. The maximum atomic E-state index is 12.7. The van der Waals surface area contributed by atoms with Gasteiger partial charge in [-0.3, -0.25) is 14.6 Å². The van der Waals surface area contributed by atoms with Gasteiger partial charge in [0.2, 0.25) is 0 Å². The largest absolute Gasteiger partial charge is 0.337 e. The fourth-order valence-corrected chi connectivity index (χ4v) is 3.12. The topological polar surface area (TPSA) is 75.2 Å². The van der Waals surface area contributed by atoms with Crippen LogP contribution in [0.3, 0.4) is 0 Å². The number of rotatable bonds is 5. The Morgan fingerprint density at radius 1 is 1.16 bits per heavy atom. The van der Waals surface area contributed by atoms with Crippen LogP contribution in [0, 0.1) is 0 Å². The first-order chi connectivity index (χ1) is 12.1. The third kappa shape index (κ3) is 4.07. The standard InChI is InChI=1S/C18H16N4O2S/c1-22(12-13-5-3-2-4-6-13)18(24)16-14(7-10-25-16)21-17(23)15-11-19-8-9-20-15/h2-11H,12H2,1H3,(H,21,23). The fourth-order valence-electron chi connectivity index (χ4n) is 2.28. The van der Waals surface area contributed by atoms with Crippen LogP contribution in [-0.4, -0.2) is 33.7 Å². The molecular formula is C18H16N4O2S. The minimum Gasteiger partial charge on any atom is -0.337 e. The van der Waals surface area contributed by atoms with Crippen LogP contribution >= 0.6 is 11.3 Å². The SMILES string of the molecule is CN(Cc1ccccc1)C(=O)c1sccc1NC(=O)c1cnccn1. The highest BCUT2D eigenvalue weighted by atomic mass is 32.1. The molecule has 6 nitrogen and oxygen atoms in total.